The maximum atomic E-state index is 14.1. The fourth-order valence-electron chi connectivity index (χ4n) is 4.43. The van der Waals surface area contributed by atoms with Gasteiger partial charge in [-0.05, 0) is 49.4 Å². The molecule has 0 aliphatic heterocycles. The van der Waals surface area contributed by atoms with Crippen molar-refractivity contribution in [3.8, 4) is 17.0 Å². The van der Waals surface area contributed by atoms with E-state index in [9.17, 15) is 14.0 Å². The van der Waals surface area contributed by atoms with Gasteiger partial charge >= 0.3 is 0 Å². The zero-order valence-electron chi connectivity index (χ0n) is 21.2. The largest absolute Gasteiger partial charge is 0.494 e. The molecule has 5 aromatic rings. The number of halogens is 1. The van der Waals surface area contributed by atoms with E-state index >= 15 is 0 Å². The van der Waals surface area contributed by atoms with E-state index in [4.69, 9.17) is 32.7 Å². The number of fused-ring (bicyclic) bond motifs is 2. The van der Waals surface area contributed by atoms with Gasteiger partial charge in [0, 0.05) is 29.6 Å². The third kappa shape index (κ3) is 5.19. The number of oxazole rings is 1. The number of hydrogen-bond donors (Lipinski definition) is 0. The summed E-state index contributed by atoms with van der Waals surface area (Å²) in [5.41, 5.74) is 1.33. The molecule has 0 spiro atoms. The van der Waals surface area contributed by atoms with E-state index in [0.717, 1.165) is 9.58 Å². The van der Waals surface area contributed by atoms with Crippen molar-refractivity contribution in [1.29, 1.82) is 0 Å². The van der Waals surface area contributed by atoms with Crippen LogP contribution in [0.1, 0.15) is 12.8 Å². The van der Waals surface area contributed by atoms with Crippen LogP contribution >= 0.6 is 0 Å². The summed E-state index contributed by atoms with van der Waals surface area (Å²) in [4.78, 5) is 32.3. The van der Waals surface area contributed by atoms with E-state index in [2.05, 4.69) is 10.1 Å². The Morgan fingerprint density at radius 2 is 1.90 bits per heavy atom. The summed E-state index contributed by atoms with van der Waals surface area (Å²) in [5, 5.41) is 3.00. The van der Waals surface area contributed by atoms with Gasteiger partial charge in [0.15, 0.2) is 11.5 Å². The van der Waals surface area contributed by atoms with Crippen LogP contribution in [-0.2, 0) is 11.3 Å². The Morgan fingerprint density at radius 1 is 1.10 bits per heavy atom. The zero-order chi connectivity index (χ0) is 27.9. The molecule has 8 nitrogen and oxygen atoms in total. The average molecular weight is 516 g/mol. The Hall–Kier alpha value is -4.34. The summed E-state index contributed by atoms with van der Waals surface area (Å²) in [6, 6.07) is 15.4. The van der Waals surface area contributed by atoms with Gasteiger partial charge in [0.05, 0.1) is 41.2 Å². The van der Waals surface area contributed by atoms with Gasteiger partial charge in [0.25, 0.3) is 5.56 Å². The number of rotatable bonds is 7. The summed E-state index contributed by atoms with van der Waals surface area (Å²) in [7, 11) is 18.0. The fraction of sp³-hybridized carbons (Fsp3) is 0.185. The second kappa shape index (κ2) is 10.1. The van der Waals surface area contributed by atoms with Gasteiger partial charge in [-0.3, -0.25) is 9.59 Å². The van der Waals surface area contributed by atoms with Crippen LogP contribution in [0.15, 0.2) is 69.9 Å². The molecule has 0 unspecified atom stereocenters. The van der Waals surface area contributed by atoms with Gasteiger partial charge < -0.3 is 14.1 Å². The lowest BCUT2D eigenvalue weighted by Crippen LogP contribution is -2.55. The molecular weight excluding hydrogens is 496 g/mol. The molecule has 2 aromatic heterocycles. The number of anilines is 1. The molecular formula is C27H20B3FN4O4. The van der Waals surface area contributed by atoms with Crippen LogP contribution in [-0.4, -0.2) is 56.1 Å². The molecule has 39 heavy (non-hydrogen) atoms. The maximum absolute atomic E-state index is 14.1. The van der Waals surface area contributed by atoms with Crippen LogP contribution in [0.4, 0.5) is 10.1 Å². The van der Waals surface area contributed by atoms with Crippen molar-refractivity contribution in [2.75, 3.05) is 11.5 Å². The van der Waals surface area contributed by atoms with Gasteiger partial charge in [-0.2, -0.15) is 5.10 Å². The van der Waals surface area contributed by atoms with Gasteiger partial charge in [0.1, 0.15) is 23.6 Å². The lowest BCUT2D eigenvalue weighted by molar-refractivity contribution is -0.119. The molecule has 1 amide bonds. The number of carbonyl (C=O) groups is 1. The zero-order valence-corrected chi connectivity index (χ0v) is 21.2. The summed E-state index contributed by atoms with van der Waals surface area (Å²) >= 11 is 0. The smallest absolute Gasteiger partial charge is 0.275 e. The van der Waals surface area contributed by atoms with E-state index in [1.54, 1.807) is 43.3 Å². The van der Waals surface area contributed by atoms with Crippen LogP contribution in [0.25, 0.3) is 33.1 Å². The fourth-order valence-corrected chi connectivity index (χ4v) is 4.43. The molecule has 2 heterocycles. The molecule has 0 fully saturated rings. The van der Waals surface area contributed by atoms with E-state index in [1.807, 2.05) is 6.92 Å². The number of aryl methyl sites for hydroxylation is 1. The monoisotopic (exact) mass is 516 g/mol. The number of benzene rings is 3. The van der Waals surface area contributed by atoms with Gasteiger partial charge in [-0.25, -0.2) is 14.1 Å². The maximum Gasteiger partial charge on any atom is 0.275 e. The first-order valence-electron chi connectivity index (χ1n) is 12.1. The highest BCUT2D eigenvalue weighted by molar-refractivity contribution is 6.62. The highest BCUT2D eigenvalue weighted by Crippen LogP contribution is 2.29. The molecule has 0 aliphatic carbocycles. The van der Waals surface area contributed by atoms with Crippen molar-refractivity contribution in [3.05, 3.63) is 82.7 Å². The minimum atomic E-state index is -2.13. The van der Waals surface area contributed by atoms with Crippen molar-refractivity contribution in [2.45, 2.75) is 25.6 Å². The summed E-state index contributed by atoms with van der Waals surface area (Å²) < 4.78 is 26.2. The lowest BCUT2D eigenvalue weighted by Gasteiger charge is -2.37. The number of carbonyl (C=O) groups excluding carboxylic acids is 1. The van der Waals surface area contributed by atoms with Crippen LogP contribution in [0.3, 0.4) is 0 Å². The number of nitrogens with zero attached hydrogens (tertiary/aromatic N) is 4. The average Bonchev–Trinajstić information content (AvgIpc) is 3.24. The van der Waals surface area contributed by atoms with Crippen molar-refractivity contribution in [1.82, 2.24) is 14.8 Å². The number of aromatic nitrogens is 3. The predicted octanol–water partition coefficient (Wildman–Crippen LogP) is 3.20. The molecule has 0 atom stereocenters. The highest BCUT2D eigenvalue weighted by atomic mass is 19.1. The van der Waals surface area contributed by atoms with Crippen LogP contribution in [0.2, 0.25) is 0 Å². The summed E-state index contributed by atoms with van der Waals surface area (Å²) in [6.07, 6.45) is 0. The normalized spacial score (nSPS) is 11.7. The standard InChI is InChI=1S/C27H20B3FN4O4/c1-3-38-19-8-9-20-21(13-19)26(37)34(33-25(20)16-5-4-6-17(31)11-16)14-24(36)35(27(28,29)30)18-7-10-22-23(12-18)39-15(2)32-22/h4-13H,3,14H2,1-2H3. The van der Waals surface area contributed by atoms with Crippen molar-refractivity contribution in [2.24, 2.45) is 0 Å². The predicted molar refractivity (Wildman–Crippen MR) is 149 cm³/mol. The first-order chi connectivity index (χ1) is 18.5. The van der Waals surface area contributed by atoms with Gasteiger partial charge in [0.2, 0.25) is 5.91 Å². The molecule has 0 saturated carbocycles. The third-order valence-corrected chi connectivity index (χ3v) is 6.00. The molecule has 0 N–H and O–H groups in total. The Balaban J connectivity index is 1.63. The molecule has 0 bridgehead atoms. The third-order valence-electron chi connectivity index (χ3n) is 6.00. The van der Waals surface area contributed by atoms with Crippen LogP contribution in [0.5, 0.6) is 5.75 Å². The molecule has 5 rings (SSSR count). The van der Waals surface area contributed by atoms with E-state index in [1.165, 1.54) is 24.3 Å². The van der Waals surface area contributed by atoms with E-state index in [0.29, 0.717) is 46.0 Å². The minimum Gasteiger partial charge on any atom is -0.494 e. The topological polar surface area (TPSA) is 90.5 Å². The second-order valence-electron chi connectivity index (χ2n) is 8.96. The van der Waals surface area contributed by atoms with Gasteiger partial charge in [-0.1, -0.05) is 17.4 Å². The number of amides is 1. The second-order valence-corrected chi connectivity index (χ2v) is 8.96. The van der Waals surface area contributed by atoms with E-state index in [-0.39, 0.29) is 11.1 Å². The summed E-state index contributed by atoms with van der Waals surface area (Å²) in [5.74, 6) is -0.315. The molecule has 0 saturated heterocycles. The number of hydrogen-bond acceptors (Lipinski definition) is 6. The van der Waals surface area contributed by atoms with Crippen LogP contribution < -0.4 is 15.2 Å². The highest BCUT2D eigenvalue weighted by Gasteiger charge is 2.28. The van der Waals surface area contributed by atoms with Crippen molar-refractivity contribution < 1.29 is 18.3 Å². The SMILES string of the molecule is [B]C([B])([B])N(C(=O)Cn1nc(-c2cccc(F)c2)c2ccc(OCC)cc2c1=O)c1ccc2nc(C)oc2c1. The number of ether oxygens (including phenoxy) is 1. The van der Waals surface area contributed by atoms with Gasteiger partial charge in [-0.15, -0.1) is 0 Å². The molecule has 0 aliphatic rings. The molecule has 3 aromatic carbocycles. The Bertz CT molecular complexity index is 1780. The van der Waals surface area contributed by atoms with E-state index < -0.39 is 29.1 Å². The molecule has 6 radical (unpaired) electrons. The Kier molecular flexibility index (Phi) is 6.80. The Labute approximate surface area is 227 Å². The van der Waals surface area contributed by atoms with Crippen LogP contribution in [0, 0.1) is 12.7 Å². The first kappa shape index (κ1) is 26.3. The van der Waals surface area contributed by atoms with Crippen molar-refractivity contribution >= 4 is 57.0 Å². The molecule has 188 valence electrons. The minimum absolute atomic E-state index is 0.229. The Morgan fingerprint density at radius 3 is 2.62 bits per heavy atom. The summed E-state index contributed by atoms with van der Waals surface area (Å²) in [6.45, 7) is 3.32. The molecule has 12 heteroatoms. The first-order valence-corrected chi connectivity index (χ1v) is 12.1. The quantitative estimate of drug-likeness (QED) is 0.309. The van der Waals surface area contributed by atoms with Crippen molar-refractivity contribution in [3.63, 3.8) is 0 Å². The lowest BCUT2D eigenvalue weighted by atomic mass is 9.48.